The molecule has 1 aliphatic heterocycles. The first-order valence-corrected chi connectivity index (χ1v) is 13.3. The van der Waals surface area contributed by atoms with Crippen LogP contribution in [0.5, 0.6) is 5.75 Å². The summed E-state index contributed by atoms with van der Waals surface area (Å²) in [5, 5.41) is 23.5. The molecule has 2 aromatic rings. The van der Waals surface area contributed by atoms with Crippen LogP contribution in [0.3, 0.4) is 0 Å². The van der Waals surface area contributed by atoms with Gasteiger partial charge in [-0.3, -0.25) is 14.6 Å². The number of hydrogen-bond acceptors (Lipinski definition) is 10. The lowest BCUT2D eigenvalue weighted by Crippen LogP contribution is -2.71. The molecule has 210 valence electrons. The Morgan fingerprint density at radius 2 is 1.92 bits per heavy atom. The van der Waals surface area contributed by atoms with Crippen LogP contribution in [0.2, 0.25) is 0 Å². The van der Waals surface area contributed by atoms with Crippen LogP contribution in [-0.2, 0) is 19.1 Å². The van der Waals surface area contributed by atoms with Gasteiger partial charge in [0, 0.05) is 49.2 Å². The molecule has 0 bridgehead atoms. The molecule has 5 rings (SSSR count). The summed E-state index contributed by atoms with van der Waals surface area (Å²) >= 11 is 0. The lowest BCUT2D eigenvalue weighted by Gasteiger charge is -2.66. The Labute approximate surface area is 226 Å². The molecular formula is C29H35NO9. The maximum Gasteiger partial charge on any atom is 0.345 e. The number of esters is 2. The van der Waals surface area contributed by atoms with Gasteiger partial charge in [0.1, 0.15) is 35.4 Å². The predicted molar refractivity (Wildman–Crippen MR) is 137 cm³/mol. The van der Waals surface area contributed by atoms with Crippen LogP contribution in [0, 0.1) is 22.7 Å². The number of aliphatic hydroxyl groups is 2. The van der Waals surface area contributed by atoms with Crippen LogP contribution in [0.15, 0.2) is 39.8 Å². The second kappa shape index (κ2) is 9.45. The molecule has 10 heteroatoms. The third-order valence-corrected chi connectivity index (χ3v) is 9.45. The first-order valence-electron chi connectivity index (χ1n) is 13.3. The first kappa shape index (κ1) is 27.3. The van der Waals surface area contributed by atoms with E-state index in [1.807, 2.05) is 13.8 Å². The molecule has 3 heterocycles. The van der Waals surface area contributed by atoms with Crippen molar-refractivity contribution in [3.63, 3.8) is 0 Å². The van der Waals surface area contributed by atoms with Gasteiger partial charge in [-0.2, -0.15) is 0 Å². The smallest absolute Gasteiger partial charge is 0.345 e. The van der Waals surface area contributed by atoms with Gasteiger partial charge >= 0.3 is 17.6 Å². The summed E-state index contributed by atoms with van der Waals surface area (Å²) in [7, 11) is 0. The van der Waals surface area contributed by atoms with Crippen molar-refractivity contribution in [3.8, 4) is 17.1 Å². The van der Waals surface area contributed by atoms with Crippen LogP contribution < -0.4 is 10.4 Å². The molecule has 2 fully saturated rings. The van der Waals surface area contributed by atoms with Crippen LogP contribution in [0.1, 0.15) is 65.5 Å². The average molecular weight is 542 g/mol. The Hall–Kier alpha value is -3.24. The van der Waals surface area contributed by atoms with Crippen LogP contribution in [-0.4, -0.2) is 51.6 Å². The van der Waals surface area contributed by atoms with E-state index in [4.69, 9.17) is 18.6 Å². The number of carbonyl (C=O) groups is 2. The number of pyridine rings is 1. The van der Waals surface area contributed by atoms with Crippen LogP contribution >= 0.6 is 0 Å². The van der Waals surface area contributed by atoms with Gasteiger partial charge in [-0.1, -0.05) is 13.8 Å². The summed E-state index contributed by atoms with van der Waals surface area (Å²) in [6.07, 6.45) is 1.46. The fourth-order valence-electron chi connectivity index (χ4n) is 7.69. The fourth-order valence-corrected chi connectivity index (χ4v) is 7.69. The molecule has 3 unspecified atom stereocenters. The summed E-state index contributed by atoms with van der Waals surface area (Å²) < 4.78 is 23.2. The summed E-state index contributed by atoms with van der Waals surface area (Å²) in [5.41, 5.74) is -2.94. The summed E-state index contributed by atoms with van der Waals surface area (Å²) in [6.45, 7) is 8.28. The van der Waals surface area contributed by atoms with E-state index >= 15 is 0 Å². The second-order valence-corrected chi connectivity index (χ2v) is 11.9. The first-order chi connectivity index (χ1) is 18.3. The van der Waals surface area contributed by atoms with Crippen molar-refractivity contribution in [3.05, 3.63) is 46.6 Å². The maximum atomic E-state index is 13.3. The van der Waals surface area contributed by atoms with Gasteiger partial charge < -0.3 is 28.8 Å². The second-order valence-electron chi connectivity index (χ2n) is 11.9. The molecule has 0 spiro atoms. The number of carbonyl (C=O) groups excluding carboxylic acids is 2. The van der Waals surface area contributed by atoms with Gasteiger partial charge in [-0.25, -0.2) is 4.79 Å². The van der Waals surface area contributed by atoms with E-state index in [2.05, 4.69) is 4.98 Å². The molecule has 10 nitrogen and oxygen atoms in total. The number of rotatable bonds is 4. The number of aliphatic hydroxyl groups excluding tert-OH is 2. The van der Waals surface area contributed by atoms with Crippen molar-refractivity contribution in [2.24, 2.45) is 22.7 Å². The topological polar surface area (TPSA) is 145 Å². The minimum absolute atomic E-state index is 0.00277. The molecule has 2 N–H and O–H groups in total. The van der Waals surface area contributed by atoms with E-state index in [1.54, 1.807) is 37.5 Å². The van der Waals surface area contributed by atoms with Crippen molar-refractivity contribution >= 4 is 11.9 Å². The summed E-state index contributed by atoms with van der Waals surface area (Å²) in [5.74, 6) is -1.58. The molecule has 0 radical (unpaired) electrons. The van der Waals surface area contributed by atoms with Gasteiger partial charge in [-0.05, 0) is 49.7 Å². The molecular weight excluding hydrogens is 506 g/mol. The third-order valence-electron chi connectivity index (χ3n) is 9.45. The highest BCUT2D eigenvalue weighted by atomic mass is 16.6. The van der Waals surface area contributed by atoms with Crippen LogP contribution in [0.4, 0.5) is 0 Å². The number of fused-ring (bicyclic) bond motifs is 4. The Bertz CT molecular complexity index is 1340. The normalized spacial score (nSPS) is 36.9. The van der Waals surface area contributed by atoms with Crippen molar-refractivity contribution in [2.75, 3.05) is 6.61 Å². The average Bonchev–Trinajstić information content (AvgIpc) is 2.86. The summed E-state index contributed by atoms with van der Waals surface area (Å²) in [4.78, 5) is 41.1. The number of nitrogens with zero attached hydrogens (tertiary/aromatic N) is 1. The van der Waals surface area contributed by atoms with E-state index in [0.717, 1.165) is 0 Å². The maximum absolute atomic E-state index is 13.3. The largest absolute Gasteiger partial charge is 0.484 e. The van der Waals surface area contributed by atoms with E-state index in [1.165, 1.54) is 13.8 Å². The minimum Gasteiger partial charge on any atom is -0.484 e. The quantitative estimate of drug-likeness (QED) is 0.554. The molecule has 2 aromatic heterocycles. The molecule has 3 aliphatic rings. The number of aromatic nitrogens is 1. The Morgan fingerprint density at radius 1 is 1.18 bits per heavy atom. The van der Waals surface area contributed by atoms with E-state index in [0.29, 0.717) is 18.4 Å². The highest BCUT2D eigenvalue weighted by Gasteiger charge is 2.69. The fraction of sp³-hybridized carbons (Fsp3) is 0.586. The van der Waals surface area contributed by atoms with Gasteiger partial charge in [-0.15, -0.1) is 0 Å². The Morgan fingerprint density at radius 3 is 2.56 bits per heavy atom. The van der Waals surface area contributed by atoms with Crippen molar-refractivity contribution in [2.45, 2.75) is 77.8 Å². The Kier molecular flexibility index (Phi) is 6.62. The van der Waals surface area contributed by atoms with Gasteiger partial charge in [0.15, 0.2) is 0 Å². The predicted octanol–water partition coefficient (Wildman–Crippen LogP) is 3.18. The zero-order valence-corrected chi connectivity index (χ0v) is 22.8. The molecule has 8 atom stereocenters. The SMILES string of the molecule is CC(=O)OC[C@@]1(C)C2C[C@H](O)[C@@]3(C)Oc4cc(-c5cccnc5)oc(=O)c4C(O)C3[C@@]2(C)CC[C@@H]1OC(C)=O. The monoisotopic (exact) mass is 541 g/mol. The van der Waals surface area contributed by atoms with Crippen molar-refractivity contribution in [1.29, 1.82) is 0 Å². The van der Waals surface area contributed by atoms with Crippen molar-refractivity contribution < 1.29 is 38.4 Å². The molecule has 2 aliphatic carbocycles. The van der Waals surface area contributed by atoms with Gasteiger partial charge in [0.2, 0.25) is 0 Å². The molecule has 2 saturated carbocycles. The molecule has 0 aromatic carbocycles. The zero-order valence-electron chi connectivity index (χ0n) is 22.8. The molecule has 39 heavy (non-hydrogen) atoms. The van der Waals surface area contributed by atoms with Gasteiger partial charge in [0.25, 0.3) is 0 Å². The van der Waals surface area contributed by atoms with Crippen LogP contribution in [0.25, 0.3) is 11.3 Å². The summed E-state index contributed by atoms with van der Waals surface area (Å²) in [6, 6.07) is 5.02. The third kappa shape index (κ3) is 4.24. The standard InChI is InChI=1S/C29H35NO9/c1-15(31)36-14-28(4)20-12-21(33)29(5)25(27(20,3)9-8-22(28)37-16(2)32)24(34)23-19(39-29)11-18(38-26(23)35)17-7-6-10-30-13-17/h6-7,10-11,13,20-22,24-25,33-34H,8-9,12,14H2,1-5H3/t20?,21-,22-,24?,25?,27-,28-,29+/m0/s1. The van der Waals surface area contributed by atoms with E-state index in [-0.39, 0.29) is 36.0 Å². The molecule has 0 amide bonds. The number of hydrogen-bond donors (Lipinski definition) is 2. The lowest BCUT2D eigenvalue weighted by molar-refractivity contribution is -0.267. The van der Waals surface area contributed by atoms with E-state index in [9.17, 15) is 24.6 Å². The zero-order chi connectivity index (χ0) is 28.3. The highest BCUT2D eigenvalue weighted by molar-refractivity contribution is 5.67. The molecule has 0 saturated heterocycles. The lowest BCUT2D eigenvalue weighted by atomic mass is 9.42. The number of ether oxygens (including phenoxy) is 3. The van der Waals surface area contributed by atoms with E-state index < -0.39 is 58.2 Å². The Balaban J connectivity index is 1.61. The highest BCUT2D eigenvalue weighted by Crippen LogP contribution is 2.67. The minimum atomic E-state index is -1.30. The van der Waals surface area contributed by atoms with Gasteiger partial charge in [0.05, 0.1) is 12.2 Å². The van der Waals surface area contributed by atoms with Crippen molar-refractivity contribution in [1.82, 2.24) is 4.98 Å².